The molecule has 1 aliphatic rings. The molecule has 1 aromatic carbocycles. The summed E-state index contributed by atoms with van der Waals surface area (Å²) in [6, 6.07) is 9.65. The topological polar surface area (TPSA) is 65.8 Å². The summed E-state index contributed by atoms with van der Waals surface area (Å²) in [4.78, 5) is 29.6. The molecular weight excluding hydrogens is 366 g/mol. The van der Waals surface area contributed by atoms with Gasteiger partial charge in [-0.1, -0.05) is 17.2 Å². The fourth-order valence-electron chi connectivity index (χ4n) is 4.02. The van der Waals surface area contributed by atoms with Gasteiger partial charge in [0.05, 0.1) is 18.2 Å². The maximum atomic E-state index is 13.0. The molecule has 0 aliphatic carbocycles. The van der Waals surface area contributed by atoms with Gasteiger partial charge in [0.2, 0.25) is 5.91 Å². The van der Waals surface area contributed by atoms with Gasteiger partial charge in [0.15, 0.2) is 0 Å². The number of carbonyl (C=O) groups excluding carboxylic acids is 2. The lowest BCUT2D eigenvalue weighted by Gasteiger charge is -2.33. The molecule has 1 fully saturated rings. The molecule has 0 bridgehead atoms. The summed E-state index contributed by atoms with van der Waals surface area (Å²) < 4.78 is 5.51. The highest BCUT2D eigenvalue weighted by Gasteiger charge is 2.29. The molecule has 1 N–H and O–H groups in total. The van der Waals surface area contributed by atoms with Crippen LogP contribution in [0.1, 0.15) is 46.1 Å². The van der Waals surface area contributed by atoms with Crippen LogP contribution in [0, 0.1) is 19.8 Å². The van der Waals surface area contributed by atoms with E-state index >= 15 is 0 Å². The van der Waals surface area contributed by atoms with Crippen LogP contribution in [-0.2, 0) is 4.79 Å². The molecule has 1 aromatic heterocycles. The summed E-state index contributed by atoms with van der Waals surface area (Å²) in [5.74, 6) is 0.654. The van der Waals surface area contributed by atoms with Gasteiger partial charge < -0.3 is 14.6 Å². The average molecular weight is 398 g/mol. The number of likely N-dealkylation sites (N-methyl/N-ethyl adjacent to an activating group) is 1. The van der Waals surface area contributed by atoms with E-state index in [0.717, 1.165) is 29.7 Å². The maximum absolute atomic E-state index is 13.0. The third-order valence-electron chi connectivity index (χ3n) is 5.51. The number of furan rings is 1. The van der Waals surface area contributed by atoms with Crippen LogP contribution in [0.25, 0.3) is 0 Å². The predicted octanol–water partition coefficient (Wildman–Crippen LogP) is 3.17. The minimum absolute atomic E-state index is 0.00123. The lowest BCUT2D eigenvalue weighted by Crippen LogP contribution is -2.46. The first-order valence-electron chi connectivity index (χ1n) is 10.2. The maximum Gasteiger partial charge on any atom is 0.253 e. The van der Waals surface area contributed by atoms with Crippen molar-refractivity contribution >= 4 is 11.8 Å². The van der Waals surface area contributed by atoms with E-state index in [9.17, 15) is 9.59 Å². The molecule has 1 saturated heterocycles. The van der Waals surface area contributed by atoms with Crippen LogP contribution < -0.4 is 5.32 Å². The number of rotatable bonds is 6. The Morgan fingerprint density at radius 1 is 1.24 bits per heavy atom. The Morgan fingerprint density at radius 3 is 2.59 bits per heavy atom. The second-order valence-corrected chi connectivity index (χ2v) is 8.21. The SMILES string of the molecule is Cc1cc(C)cc(C(=O)N2CCCC(C(=O)NCC(c3ccco3)N(C)C)C2)c1. The molecule has 156 valence electrons. The number of piperidine rings is 1. The molecule has 2 aromatic rings. The van der Waals surface area contributed by atoms with Gasteiger partial charge >= 0.3 is 0 Å². The molecule has 0 radical (unpaired) electrons. The van der Waals surface area contributed by atoms with Crippen LogP contribution in [0.4, 0.5) is 0 Å². The number of aryl methyl sites for hydroxylation is 2. The molecule has 0 saturated carbocycles. The number of nitrogens with one attached hydrogen (secondary N) is 1. The lowest BCUT2D eigenvalue weighted by molar-refractivity contribution is -0.126. The normalized spacial score (nSPS) is 18.0. The van der Waals surface area contributed by atoms with Crippen molar-refractivity contribution in [3.8, 4) is 0 Å². The van der Waals surface area contributed by atoms with Crippen molar-refractivity contribution in [2.75, 3.05) is 33.7 Å². The van der Waals surface area contributed by atoms with E-state index < -0.39 is 0 Å². The highest BCUT2D eigenvalue weighted by atomic mass is 16.3. The fourth-order valence-corrected chi connectivity index (χ4v) is 4.02. The predicted molar refractivity (Wildman–Crippen MR) is 113 cm³/mol. The van der Waals surface area contributed by atoms with Crippen LogP contribution in [-0.4, -0.2) is 55.3 Å². The molecule has 1 aliphatic heterocycles. The van der Waals surface area contributed by atoms with E-state index in [1.54, 1.807) is 6.26 Å². The molecule has 6 heteroatoms. The first kappa shape index (κ1) is 21.1. The first-order chi connectivity index (χ1) is 13.8. The van der Waals surface area contributed by atoms with Crippen LogP contribution >= 0.6 is 0 Å². The van der Waals surface area contributed by atoms with Gasteiger partial charge in [0.1, 0.15) is 5.76 Å². The number of nitrogens with zero attached hydrogens (tertiary/aromatic N) is 2. The lowest BCUT2D eigenvalue weighted by atomic mass is 9.96. The highest BCUT2D eigenvalue weighted by Crippen LogP contribution is 2.21. The number of carbonyl (C=O) groups is 2. The summed E-state index contributed by atoms with van der Waals surface area (Å²) >= 11 is 0. The van der Waals surface area contributed by atoms with E-state index in [-0.39, 0.29) is 23.8 Å². The van der Waals surface area contributed by atoms with Crippen LogP contribution in [0.2, 0.25) is 0 Å². The molecule has 3 rings (SSSR count). The summed E-state index contributed by atoms with van der Waals surface area (Å²) in [6.07, 6.45) is 3.28. The average Bonchev–Trinajstić information content (AvgIpc) is 3.21. The quantitative estimate of drug-likeness (QED) is 0.813. The molecule has 2 amide bonds. The molecular formula is C23H31N3O3. The largest absolute Gasteiger partial charge is 0.468 e. The number of benzene rings is 1. The van der Waals surface area contributed by atoms with Crippen molar-refractivity contribution in [1.29, 1.82) is 0 Å². The van der Waals surface area contributed by atoms with Crippen LogP contribution in [0.3, 0.4) is 0 Å². The van der Waals surface area contributed by atoms with Gasteiger partial charge in [-0.05, 0) is 65.0 Å². The van der Waals surface area contributed by atoms with E-state index in [1.807, 2.05) is 62.0 Å². The standard InChI is InChI=1S/C23H31N3O3/c1-16-11-17(2)13-19(12-16)23(28)26-9-5-7-18(15-26)22(27)24-14-20(25(3)4)21-8-6-10-29-21/h6,8,10-13,18,20H,5,7,9,14-15H2,1-4H3,(H,24,27). The van der Waals surface area contributed by atoms with Gasteiger partial charge in [-0.3, -0.25) is 14.5 Å². The summed E-state index contributed by atoms with van der Waals surface area (Å²) in [5, 5.41) is 3.06. The van der Waals surface area contributed by atoms with E-state index in [4.69, 9.17) is 4.42 Å². The first-order valence-corrected chi connectivity index (χ1v) is 10.2. The minimum Gasteiger partial charge on any atom is -0.468 e. The van der Waals surface area contributed by atoms with Crippen LogP contribution in [0.15, 0.2) is 41.0 Å². The Balaban J connectivity index is 1.61. The summed E-state index contributed by atoms with van der Waals surface area (Å²) in [6.45, 7) is 5.63. The zero-order chi connectivity index (χ0) is 21.0. The van der Waals surface area contributed by atoms with Crippen molar-refractivity contribution < 1.29 is 14.0 Å². The van der Waals surface area contributed by atoms with E-state index in [1.165, 1.54) is 0 Å². The Hall–Kier alpha value is -2.60. The van der Waals surface area contributed by atoms with Gasteiger partial charge in [0, 0.05) is 25.2 Å². The number of hydrogen-bond donors (Lipinski definition) is 1. The smallest absolute Gasteiger partial charge is 0.253 e. The zero-order valence-corrected chi connectivity index (χ0v) is 17.8. The zero-order valence-electron chi connectivity index (χ0n) is 17.8. The highest BCUT2D eigenvalue weighted by molar-refractivity contribution is 5.95. The molecule has 6 nitrogen and oxygen atoms in total. The molecule has 0 spiro atoms. The number of amides is 2. The molecule has 2 unspecified atom stereocenters. The van der Waals surface area contributed by atoms with Crippen molar-refractivity contribution in [3.05, 3.63) is 59.0 Å². The summed E-state index contributed by atoms with van der Waals surface area (Å²) in [7, 11) is 3.92. The summed E-state index contributed by atoms with van der Waals surface area (Å²) in [5.41, 5.74) is 2.86. The Bertz CT molecular complexity index is 825. The molecule has 29 heavy (non-hydrogen) atoms. The van der Waals surface area contributed by atoms with Gasteiger partial charge in [-0.2, -0.15) is 0 Å². The van der Waals surface area contributed by atoms with E-state index in [0.29, 0.717) is 25.2 Å². The van der Waals surface area contributed by atoms with E-state index in [2.05, 4.69) is 11.4 Å². The van der Waals surface area contributed by atoms with Crippen LogP contribution in [0.5, 0.6) is 0 Å². The Labute approximate surface area is 172 Å². The monoisotopic (exact) mass is 397 g/mol. The minimum atomic E-state index is -0.182. The van der Waals surface area contributed by atoms with Crippen molar-refractivity contribution in [2.24, 2.45) is 5.92 Å². The Morgan fingerprint density at radius 2 is 1.97 bits per heavy atom. The third kappa shape index (κ3) is 5.26. The van der Waals surface area contributed by atoms with Gasteiger partial charge in [0.25, 0.3) is 5.91 Å². The third-order valence-corrected chi connectivity index (χ3v) is 5.51. The number of likely N-dealkylation sites (tertiary alicyclic amines) is 1. The van der Waals surface area contributed by atoms with Gasteiger partial charge in [-0.25, -0.2) is 0 Å². The number of hydrogen-bond acceptors (Lipinski definition) is 4. The molecule has 2 atom stereocenters. The van der Waals surface area contributed by atoms with Crippen molar-refractivity contribution in [1.82, 2.24) is 15.1 Å². The van der Waals surface area contributed by atoms with Crippen molar-refractivity contribution in [3.63, 3.8) is 0 Å². The van der Waals surface area contributed by atoms with Gasteiger partial charge in [-0.15, -0.1) is 0 Å². The second-order valence-electron chi connectivity index (χ2n) is 8.21. The second kappa shape index (κ2) is 9.27. The molecule has 2 heterocycles. The Kier molecular flexibility index (Phi) is 6.75. The van der Waals surface area contributed by atoms with Crippen molar-refractivity contribution in [2.45, 2.75) is 32.7 Å². The fraction of sp³-hybridized carbons (Fsp3) is 0.478.